The van der Waals surface area contributed by atoms with Gasteiger partial charge in [0.15, 0.2) is 0 Å². The molecule has 1 fully saturated rings. The van der Waals surface area contributed by atoms with Crippen LogP contribution in [0.4, 0.5) is 0 Å². The van der Waals surface area contributed by atoms with Gasteiger partial charge in [0.25, 0.3) is 0 Å². The van der Waals surface area contributed by atoms with Gasteiger partial charge in [0.2, 0.25) is 5.96 Å². The summed E-state index contributed by atoms with van der Waals surface area (Å²) in [6, 6.07) is 0. The average Bonchev–Trinajstić information content (AvgIpc) is 2.29. The number of hydrogen-bond donors (Lipinski definition) is 3. The van der Waals surface area contributed by atoms with E-state index in [0.717, 1.165) is 38.6 Å². The smallest absolute Gasteiger partial charge is 0.205 e. The van der Waals surface area contributed by atoms with Crippen molar-refractivity contribution in [2.75, 3.05) is 26.3 Å². The Balaban J connectivity index is 2.02. The molecular formula is C12H26N4O. The number of hydrazine groups is 1. The van der Waals surface area contributed by atoms with Gasteiger partial charge < -0.3 is 10.1 Å². The molecule has 0 spiro atoms. The summed E-state index contributed by atoms with van der Waals surface area (Å²) in [4.78, 5) is 4.34. The molecule has 5 nitrogen and oxygen atoms in total. The van der Waals surface area contributed by atoms with Crippen LogP contribution in [0, 0.1) is 5.92 Å². The van der Waals surface area contributed by atoms with E-state index < -0.39 is 0 Å². The van der Waals surface area contributed by atoms with Crippen molar-refractivity contribution in [3.8, 4) is 0 Å². The number of nitrogens with two attached hydrogens (primary N) is 1. The highest BCUT2D eigenvalue weighted by Gasteiger charge is 2.16. The molecule has 0 aromatic rings. The van der Waals surface area contributed by atoms with Gasteiger partial charge in [-0.25, -0.2) is 5.84 Å². The van der Waals surface area contributed by atoms with Crippen LogP contribution >= 0.6 is 0 Å². The van der Waals surface area contributed by atoms with Crippen LogP contribution in [0.15, 0.2) is 4.99 Å². The minimum atomic E-state index is 0.695. The lowest BCUT2D eigenvalue weighted by Gasteiger charge is -2.25. The SMILES string of the molecule is CCOCCCN=C(NN)NCCC1CCC1. The van der Waals surface area contributed by atoms with E-state index >= 15 is 0 Å². The highest BCUT2D eigenvalue weighted by molar-refractivity contribution is 5.79. The van der Waals surface area contributed by atoms with E-state index in [0.29, 0.717) is 5.96 Å². The maximum atomic E-state index is 5.40. The van der Waals surface area contributed by atoms with Crippen molar-refractivity contribution in [1.29, 1.82) is 0 Å². The summed E-state index contributed by atoms with van der Waals surface area (Å²) < 4.78 is 5.24. The number of guanidine groups is 1. The van der Waals surface area contributed by atoms with E-state index in [2.05, 4.69) is 15.7 Å². The van der Waals surface area contributed by atoms with Crippen molar-refractivity contribution < 1.29 is 4.74 Å². The highest BCUT2D eigenvalue weighted by atomic mass is 16.5. The normalized spacial score (nSPS) is 16.7. The fourth-order valence-electron chi connectivity index (χ4n) is 1.83. The zero-order chi connectivity index (χ0) is 12.3. The van der Waals surface area contributed by atoms with Crippen LogP contribution in [-0.2, 0) is 4.74 Å². The first-order valence-electron chi connectivity index (χ1n) is 6.69. The van der Waals surface area contributed by atoms with Crippen molar-refractivity contribution in [2.45, 2.75) is 39.0 Å². The molecule has 0 amide bonds. The summed E-state index contributed by atoms with van der Waals surface area (Å²) in [5.41, 5.74) is 2.60. The second kappa shape index (κ2) is 9.24. The molecule has 100 valence electrons. The maximum Gasteiger partial charge on any atom is 0.205 e. The molecule has 4 N–H and O–H groups in total. The molecule has 0 aliphatic heterocycles. The van der Waals surface area contributed by atoms with E-state index in [4.69, 9.17) is 10.6 Å². The van der Waals surface area contributed by atoms with Crippen LogP contribution in [0.2, 0.25) is 0 Å². The van der Waals surface area contributed by atoms with Crippen LogP contribution < -0.4 is 16.6 Å². The summed E-state index contributed by atoms with van der Waals surface area (Å²) in [5, 5.41) is 3.23. The first kappa shape index (κ1) is 14.3. The van der Waals surface area contributed by atoms with Gasteiger partial charge in [-0.15, -0.1) is 0 Å². The first-order chi connectivity index (χ1) is 8.36. The molecular weight excluding hydrogens is 216 g/mol. The van der Waals surface area contributed by atoms with Crippen LogP contribution in [0.3, 0.4) is 0 Å². The van der Waals surface area contributed by atoms with E-state index in [1.54, 1.807) is 0 Å². The Labute approximate surface area is 104 Å². The van der Waals surface area contributed by atoms with E-state index in [1.807, 2.05) is 6.92 Å². The van der Waals surface area contributed by atoms with Crippen LogP contribution in [0.1, 0.15) is 39.0 Å². The minimum Gasteiger partial charge on any atom is -0.382 e. The lowest BCUT2D eigenvalue weighted by molar-refractivity contribution is 0.146. The third-order valence-corrected chi connectivity index (χ3v) is 3.13. The van der Waals surface area contributed by atoms with Crippen molar-refractivity contribution in [3.05, 3.63) is 0 Å². The summed E-state index contributed by atoms with van der Waals surface area (Å²) in [6.45, 7) is 5.23. The lowest BCUT2D eigenvalue weighted by Crippen LogP contribution is -2.42. The third-order valence-electron chi connectivity index (χ3n) is 3.13. The Morgan fingerprint density at radius 2 is 2.29 bits per heavy atom. The Morgan fingerprint density at radius 1 is 1.47 bits per heavy atom. The summed E-state index contributed by atoms with van der Waals surface area (Å²) >= 11 is 0. The predicted molar refractivity (Wildman–Crippen MR) is 70.7 cm³/mol. The van der Waals surface area contributed by atoms with Crippen molar-refractivity contribution in [3.63, 3.8) is 0 Å². The number of rotatable bonds is 8. The van der Waals surface area contributed by atoms with Gasteiger partial charge in [0.1, 0.15) is 0 Å². The summed E-state index contributed by atoms with van der Waals surface area (Å²) in [5.74, 6) is 7.01. The minimum absolute atomic E-state index is 0.695. The molecule has 0 aromatic heterocycles. The Morgan fingerprint density at radius 3 is 2.88 bits per heavy atom. The molecule has 1 rings (SSSR count). The lowest BCUT2D eigenvalue weighted by atomic mass is 9.83. The number of nitrogens with zero attached hydrogens (tertiary/aromatic N) is 1. The molecule has 0 saturated heterocycles. The maximum absolute atomic E-state index is 5.40. The molecule has 0 radical (unpaired) electrons. The second-order valence-electron chi connectivity index (χ2n) is 4.44. The van der Waals surface area contributed by atoms with E-state index in [-0.39, 0.29) is 0 Å². The Kier molecular flexibility index (Phi) is 7.75. The molecule has 0 unspecified atom stereocenters. The number of hydrogen-bond acceptors (Lipinski definition) is 3. The van der Waals surface area contributed by atoms with Gasteiger partial charge in [-0.3, -0.25) is 10.4 Å². The van der Waals surface area contributed by atoms with Gasteiger partial charge in [0.05, 0.1) is 0 Å². The predicted octanol–water partition coefficient (Wildman–Crippen LogP) is 1.01. The van der Waals surface area contributed by atoms with E-state index in [9.17, 15) is 0 Å². The molecule has 1 aliphatic carbocycles. The fraction of sp³-hybridized carbons (Fsp3) is 0.917. The quantitative estimate of drug-likeness (QED) is 0.195. The highest BCUT2D eigenvalue weighted by Crippen LogP contribution is 2.28. The molecule has 0 heterocycles. The number of ether oxygens (including phenoxy) is 1. The molecule has 0 aromatic carbocycles. The van der Waals surface area contributed by atoms with Gasteiger partial charge in [-0.05, 0) is 25.7 Å². The van der Waals surface area contributed by atoms with Gasteiger partial charge in [0, 0.05) is 26.3 Å². The Bertz CT molecular complexity index is 217. The van der Waals surface area contributed by atoms with Gasteiger partial charge in [-0.2, -0.15) is 0 Å². The zero-order valence-corrected chi connectivity index (χ0v) is 10.9. The molecule has 17 heavy (non-hydrogen) atoms. The summed E-state index contributed by atoms with van der Waals surface area (Å²) in [6.07, 6.45) is 6.33. The average molecular weight is 242 g/mol. The summed E-state index contributed by atoms with van der Waals surface area (Å²) in [7, 11) is 0. The standard InChI is InChI=1S/C12H26N4O/c1-2-17-10-4-8-14-12(16-13)15-9-7-11-5-3-6-11/h11H,2-10,13H2,1H3,(H2,14,15,16). The fourth-order valence-corrected chi connectivity index (χ4v) is 1.83. The Hall–Kier alpha value is -0.810. The molecule has 1 saturated carbocycles. The van der Waals surface area contributed by atoms with Crippen LogP contribution in [0.5, 0.6) is 0 Å². The van der Waals surface area contributed by atoms with Crippen LogP contribution in [-0.4, -0.2) is 32.3 Å². The number of nitrogens with one attached hydrogen (secondary N) is 2. The zero-order valence-electron chi connectivity index (χ0n) is 10.9. The second-order valence-corrected chi connectivity index (χ2v) is 4.44. The first-order valence-corrected chi connectivity index (χ1v) is 6.69. The number of aliphatic imine (C=N–C) groups is 1. The van der Waals surface area contributed by atoms with Gasteiger partial charge >= 0.3 is 0 Å². The molecule has 5 heteroatoms. The van der Waals surface area contributed by atoms with E-state index in [1.165, 1.54) is 25.7 Å². The molecule has 0 bridgehead atoms. The topological polar surface area (TPSA) is 71.7 Å². The molecule has 1 aliphatic rings. The largest absolute Gasteiger partial charge is 0.382 e. The van der Waals surface area contributed by atoms with Crippen molar-refractivity contribution in [2.24, 2.45) is 16.8 Å². The van der Waals surface area contributed by atoms with Crippen LogP contribution in [0.25, 0.3) is 0 Å². The van der Waals surface area contributed by atoms with Crippen molar-refractivity contribution >= 4 is 5.96 Å². The van der Waals surface area contributed by atoms with Crippen molar-refractivity contribution in [1.82, 2.24) is 10.7 Å². The monoisotopic (exact) mass is 242 g/mol. The molecule has 0 atom stereocenters. The third kappa shape index (κ3) is 6.48. The van der Waals surface area contributed by atoms with Gasteiger partial charge in [-0.1, -0.05) is 19.3 Å².